The van der Waals surface area contributed by atoms with Gasteiger partial charge in [-0.05, 0) is 43.2 Å². The van der Waals surface area contributed by atoms with E-state index >= 15 is 0 Å². The number of ether oxygens (including phenoxy) is 1. The zero-order valence-electron chi connectivity index (χ0n) is 16.5. The summed E-state index contributed by atoms with van der Waals surface area (Å²) in [6.45, 7) is 0.885. The molecule has 162 valence electrons. The van der Waals surface area contributed by atoms with E-state index < -0.39 is 16.0 Å². The normalized spacial score (nSPS) is 14.5. The highest BCUT2D eigenvalue weighted by molar-refractivity contribution is 7.89. The number of para-hydroxylation sites is 1. The Bertz CT molecular complexity index is 1180. The predicted molar refractivity (Wildman–Crippen MR) is 120 cm³/mol. The van der Waals surface area contributed by atoms with Gasteiger partial charge < -0.3 is 10.1 Å². The lowest BCUT2D eigenvalue weighted by molar-refractivity contribution is 0.0468. The first-order chi connectivity index (χ1) is 14.9. The number of anilines is 2. The molecule has 3 aromatic rings. The topological polar surface area (TPSA) is 88.6 Å². The van der Waals surface area contributed by atoms with Gasteiger partial charge in [-0.3, -0.25) is 0 Å². The molecule has 0 amide bonds. The molecule has 1 fully saturated rings. The van der Waals surface area contributed by atoms with Crippen LogP contribution in [0.3, 0.4) is 0 Å². The van der Waals surface area contributed by atoms with Crippen LogP contribution in [0, 0.1) is 0 Å². The average Bonchev–Trinajstić information content (AvgIpc) is 3.46. The molecule has 1 saturated heterocycles. The molecule has 4 rings (SSSR count). The number of sulfonamides is 1. The Hall–Kier alpha value is -2.46. The molecule has 0 spiro atoms. The number of nitrogens with zero attached hydrogens (tertiary/aromatic N) is 2. The zero-order valence-corrected chi connectivity index (χ0v) is 18.8. The summed E-state index contributed by atoms with van der Waals surface area (Å²) in [6.07, 6.45) is 1.63. The molecular weight excluding hydrogens is 458 g/mol. The van der Waals surface area contributed by atoms with Crippen molar-refractivity contribution in [1.82, 2.24) is 9.29 Å². The number of nitrogens with one attached hydrogen (secondary N) is 1. The summed E-state index contributed by atoms with van der Waals surface area (Å²) >= 11 is 7.53. The van der Waals surface area contributed by atoms with Crippen molar-refractivity contribution in [1.29, 1.82) is 0 Å². The molecule has 2 heterocycles. The molecule has 0 aliphatic carbocycles. The van der Waals surface area contributed by atoms with Gasteiger partial charge >= 0.3 is 5.97 Å². The van der Waals surface area contributed by atoms with Gasteiger partial charge in [0.1, 0.15) is 11.5 Å². The number of rotatable bonds is 7. The van der Waals surface area contributed by atoms with Gasteiger partial charge in [-0.15, -0.1) is 11.3 Å². The molecular formula is C21H20ClN3O4S2. The highest BCUT2D eigenvalue weighted by atomic mass is 35.5. The van der Waals surface area contributed by atoms with Crippen LogP contribution >= 0.6 is 22.9 Å². The zero-order chi connectivity index (χ0) is 21.8. The van der Waals surface area contributed by atoms with Crippen LogP contribution in [-0.4, -0.2) is 36.8 Å². The summed E-state index contributed by atoms with van der Waals surface area (Å²) in [4.78, 5) is 16.8. The number of aromatic nitrogens is 1. The van der Waals surface area contributed by atoms with Gasteiger partial charge in [-0.25, -0.2) is 18.2 Å². The van der Waals surface area contributed by atoms with Gasteiger partial charge in [-0.1, -0.05) is 29.8 Å². The number of halogens is 1. The van der Waals surface area contributed by atoms with Crippen LogP contribution in [0.1, 0.15) is 28.9 Å². The van der Waals surface area contributed by atoms with Crippen LogP contribution < -0.4 is 5.32 Å². The van der Waals surface area contributed by atoms with E-state index in [-0.39, 0.29) is 22.1 Å². The smallest absolute Gasteiger partial charge is 0.338 e. The van der Waals surface area contributed by atoms with E-state index in [1.165, 1.54) is 33.8 Å². The van der Waals surface area contributed by atoms with Crippen molar-refractivity contribution >= 4 is 49.7 Å². The lowest BCUT2D eigenvalue weighted by Crippen LogP contribution is -2.28. The Morgan fingerprint density at radius 3 is 2.65 bits per heavy atom. The van der Waals surface area contributed by atoms with Gasteiger partial charge in [0.05, 0.1) is 16.3 Å². The Kier molecular flexibility index (Phi) is 6.57. The lowest BCUT2D eigenvalue weighted by atomic mass is 10.2. The van der Waals surface area contributed by atoms with E-state index in [2.05, 4.69) is 10.3 Å². The first kappa shape index (κ1) is 21.8. The molecule has 31 heavy (non-hydrogen) atoms. The van der Waals surface area contributed by atoms with Crippen molar-refractivity contribution in [3.63, 3.8) is 0 Å². The molecule has 7 nitrogen and oxygen atoms in total. The molecule has 1 aliphatic heterocycles. The maximum absolute atomic E-state index is 12.8. The monoisotopic (exact) mass is 477 g/mol. The molecule has 1 aliphatic rings. The average molecular weight is 478 g/mol. The van der Waals surface area contributed by atoms with Crippen molar-refractivity contribution in [2.24, 2.45) is 0 Å². The van der Waals surface area contributed by atoms with Crippen molar-refractivity contribution < 1.29 is 17.9 Å². The third-order valence-electron chi connectivity index (χ3n) is 4.78. The first-order valence-electron chi connectivity index (χ1n) is 9.67. The summed E-state index contributed by atoms with van der Waals surface area (Å²) < 4.78 is 32.4. The number of carbonyl (C=O) groups excluding carboxylic acids is 1. The van der Waals surface area contributed by atoms with E-state index in [0.29, 0.717) is 23.9 Å². The highest BCUT2D eigenvalue weighted by Crippen LogP contribution is 2.28. The maximum Gasteiger partial charge on any atom is 0.338 e. The van der Waals surface area contributed by atoms with Crippen LogP contribution in [0.5, 0.6) is 0 Å². The van der Waals surface area contributed by atoms with Gasteiger partial charge in [0.15, 0.2) is 5.13 Å². The Labute approximate surface area is 189 Å². The van der Waals surface area contributed by atoms with Gasteiger partial charge in [0.25, 0.3) is 0 Å². The fourth-order valence-electron chi connectivity index (χ4n) is 3.19. The number of carbonyl (C=O) groups is 1. The standard InChI is InChI=1S/C21H20ClN3O4S2/c22-18-9-8-15(12-19(18)31(27,28)25-10-4-5-11-25)20(26)29-13-17-14-30-21(24-17)23-16-6-2-1-3-7-16/h1-3,6-9,12,14H,4-5,10-11,13H2,(H,23,24). The Balaban J connectivity index is 1.42. The number of thiazole rings is 1. The van der Waals surface area contributed by atoms with Crippen molar-refractivity contribution in [3.05, 3.63) is 70.2 Å². The third kappa shape index (κ3) is 5.07. The SMILES string of the molecule is O=C(OCc1csc(Nc2ccccc2)n1)c1ccc(Cl)c(S(=O)(=O)N2CCCC2)c1. The second kappa shape index (κ2) is 9.35. The molecule has 1 aromatic heterocycles. The van der Waals surface area contributed by atoms with E-state index in [0.717, 1.165) is 18.5 Å². The summed E-state index contributed by atoms with van der Waals surface area (Å²) in [6, 6.07) is 13.8. The largest absolute Gasteiger partial charge is 0.456 e. The molecule has 2 aromatic carbocycles. The molecule has 0 bridgehead atoms. The Morgan fingerprint density at radius 2 is 1.90 bits per heavy atom. The van der Waals surface area contributed by atoms with Crippen LogP contribution in [0.2, 0.25) is 5.02 Å². The summed E-state index contributed by atoms with van der Waals surface area (Å²) in [7, 11) is -3.74. The second-order valence-electron chi connectivity index (χ2n) is 6.97. The van der Waals surface area contributed by atoms with Gasteiger partial charge in [-0.2, -0.15) is 4.31 Å². The number of esters is 1. The number of benzene rings is 2. The van der Waals surface area contributed by atoms with Crippen LogP contribution in [0.15, 0.2) is 58.8 Å². The van der Waals surface area contributed by atoms with E-state index in [1.54, 1.807) is 5.38 Å². The molecule has 0 saturated carbocycles. The molecule has 0 radical (unpaired) electrons. The van der Waals surface area contributed by atoms with Crippen molar-refractivity contribution in [3.8, 4) is 0 Å². The third-order valence-corrected chi connectivity index (χ3v) is 7.96. The molecule has 0 unspecified atom stereocenters. The maximum atomic E-state index is 12.8. The minimum absolute atomic E-state index is 0.0252. The van der Waals surface area contributed by atoms with Crippen LogP contribution in [-0.2, 0) is 21.4 Å². The minimum Gasteiger partial charge on any atom is -0.456 e. The first-order valence-corrected chi connectivity index (χ1v) is 12.4. The quantitative estimate of drug-likeness (QED) is 0.497. The number of hydrogen-bond acceptors (Lipinski definition) is 7. The second-order valence-corrected chi connectivity index (χ2v) is 10.1. The van der Waals surface area contributed by atoms with Crippen LogP contribution in [0.4, 0.5) is 10.8 Å². The summed E-state index contributed by atoms with van der Waals surface area (Å²) in [5.74, 6) is -0.639. The Morgan fingerprint density at radius 1 is 1.16 bits per heavy atom. The van der Waals surface area contributed by atoms with E-state index in [9.17, 15) is 13.2 Å². The molecule has 10 heteroatoms. The minimum atomic E-state index is -3.74. The number of hydrogen-bond donors (Lipinski definition) is 1. The van der Waals surface area contributed by atoms with Crippen molar-refractivity contribution in [2.75, 3.05) is 18.4 Å². The fraction of sp³-hybridized carbons (Fsp3) is 0.238. The van der Waals surface area contributed by atoms with Crippen molar-refractivity contribution in [2.45, 2.75) is 24.3 Å². The lowest BCUT2D eigenvalue weighted by Gasteiger charge is -2.17. The fourth-order valence-corrected chi connectivity index (χ4v) is 5.93. The molecule has 0 atom stereocenters. The van der Waals surface area contributed by atoms with Gasteiger partial charge in [0, 0.05) is 24.2 Å². The van der Waals surface area contributed by atoms with Crippen LogP contribution in [0.25, 0.3) is 0 Å². The molecule has 1 N–H and O–H groups in total. The summed E-state index contributed by atoms with van der Waals surface area (Å²) in [5.41, 5.74) is 1.63. The predicted octanol–water partition coefficient (Wildman–Crippen LogP) is 4.68. The van der Waals surface area contributed by atoms with E-state index in [4.69, 9.17) is 16.3 Å². The highest BCUT2D eigenvalue weighted by Gasteiger charge is 2.30. The van der Waals surface area contributed by atoms with E-state index in [1.807, 2.05) is 30.3 Å². The van der Waals surface area contributed by atoms with Gasteiger partial charge in [0.2, 0.25) is 10.0 Å². The summed E-state index contributed by atoms with van der Waals surface area (Å²) in [5, 5.41) is 5.74.